The summed E-state index contributed by atoms with van der Waals surface area (Å²) in [6, 6.07) is 0.171. The van der Waals surface area contributed by atoms with Crippen molar-refractivity contribution in [2.45, 2.75) is 51.5 Å². The molecule has 0 spiro atoms. The maximum absolute atomic E-state index is 11.3. The van der Waals surface area contributed by atoms with Gasteiger partial charge in [-0.3, -0.25) is 0 Å². The van der Waals surface area contributed by atoms with Gasteiger partial charge in [-0.2, -0.15) is 0 Å². The summed E-state index contributed by atoms with van der Waals surface area (Å²) in [7, 11) is 0. The summed E-state index contributed by atoms with van der Waals surface area (Å²) in [4.78, 5) is 11.3. The highest BCUT2D eigenvalue weighted by atomic mass is 16.6. The molecule has 94 valence electrons. The van der Waals surface area contributed by atoms with Gasteiger partial charge >= 0.3 is 6.09 Å². The maximum atomic E-state index is 11.3. The summed E-state index contributed by atoms with van der Waals surface area (Å²) < 4.78 is 4.78. The number of alkyl carbamates (subject to hydrolysis) is 1. The van der Waals surface area contributed by atoms with E-state index in [1.807, 2.05) is 6.92 Å². The van der Waals surface area contributed by atoms with E-state index in [1.54, 1.807) is 0 Å². The molecule has 1 rings (SSSR count). The van der Waals surface area contributed by atoms with Gasteiger partial charge in [-0.1, -0.05) is 25.7 Å². The molecule has 1 saturated carbocycles. The second-order valence-electron chi connectivity index (χ2n) is 4.54. The van der Waals surface area contributed by atoms with Gasteiger partial charge in [-0.15, -0.1) is 0 Å². The first-order valence-corrected chi connectivity index (χ1v) is 6.28. The number of aliphatic hydroxyl groups is 1. The highest BCUT2D eigenvalue weighted by Gasteiger charge is 2.20. The fourth-order valence-corrected chi connectivity index (χ4v) is 2.29. The van der Waals surface area contributed by atoms with Gasteiger partial charge < -0.3 is 15.2 Å². The summed E-state index contributed by atoms with van der Waals surface area (Å²) in [5, 5.41) is 11.4. The number of carbonyl (C=O) groups excluding carboxylic acids is 1. The van der Waals surface area contributed by atoms with Crippen molar-refractivity contribution in [3.05, 3.63) is 0 Å². The minimum Gasteiger partial charge on any atom is -0.447 e. The van der Waals surface area contributed by atoms with E-state index >= 15 is 0 Å². The number of aliphatic hydroxyl groups excluding tert-OH is 1. The number of rotatable bonds is 4. The summed E-state index contributed by atoms with van der Waals surface area (Å²) in [5.74, 6) is 0.573. The number of hydrogen-bond acceptors (Lipinski definition) is 3. The molecule has 0 saturated heterocycles. The Labute approximate surface area is 97.4 Å². The zero-order valence-electron chi connectivity index (χ0n) is 10.1. The normalized spacial score (nSPS) is 19.9. The lowest BCUT2D eigenvalue weighted by atomic mass is 9.93. The first-order chi connectivity index (χ1) is 7.74. The smallest absolute Gasteiger partial charge is 0.407 e. The molecule has 0 aromatic heterocycles. The van der Waals surface area contributed by atoms with Gasteiger partial charge in [-0.05, 0) is 25.7 Å². The van der Waals surface area contributed by atoms with E-state index in [4.69, 9.17) is 9.84 Å². The molecule has 0 unspecified atom stereocenters. The van der Waals surface area contributed by atoms with Crippen LogP contribution in [-0.2, 0) is 4.74 Å². The van der Waals surface area contributed by atoms with Crippen LogP contribution in [0.15, 0.2) is 0 Å². The molecule has 1 aliphatic carbocycles. The van der Waals surface area contributed by atoms with Crippen LogP contribution in [0.1, 0.15) is 45.4 Å². The zero-order chi connectivity index (χ0) is 11.8. The topological polar surface area (TPSA) is 58.6 Å². The highest BCUT2D eigenvalue weighted by Crippen LogP contribution is 2.25. The SMILES string of the molecule is C[C@@H](NC(=O)OCCO)C1CCCCCC1. The Morgan fingerprint density at radius 2 is 2.00 bits per heavy atom. The van der Waals surface area contributed by atoms with E-state index in [9.17, 15) is 4.79 Å². The number of ether oxygens (including phenoxy) is 1. The molecule has 1 fully saturated rings. The minimum atomic E-state index is -0.411. The Bertz CT molecular complexity index is 200. The first kappa shape index (κ1) is 13.3. The highest BCUT2D eigenvalue weighted by molar-refractivity contribution is 5.67. The lowest BCUT2D eigenvalue weighted by Crippen LogP contribution is -2.38. The number of amides is 1. The van der Waals surface area contributed by atoms with Crippen LogP contribution in [0.4, 0.5) is 4.79 Å². The molecule has 0 aromatic rings. The molecule has 1 atom stereocenters. The molecular formula is C12H23NO3. The van der Waals surface area contributed by atoms with Crippen molar-refractivity contribution in [2.75, 3.05) is 13.2 Å². The van der Waals surface area contributed by atoms with Gasteiger partial charge in [0.25, 0.3) is 0 Å². The molecule has 4 nitrogen and oxygen atoms in total. The van der Waals surface area contributed by atoms with Crippen LogP contribution in [0.3, 0.4) is 0 Å². The van der Waals surface area contributed by atoms with Crippen molar-refractivity contribution in [1.82, 2.24) is 5.32 Å². The maximum Gasteiger partial charge on any atom is 0.407 e. The van der Waals surface area contributed by atoms with E-state index in [0.717, 1.165) is 0 Å². The van der Waals surface area contributed by atoms with Gasteiger partial charge in [-0.25, -0.2) is 4.79 Å². The third kappa shape index (κ3) is 4.84. The van der Waals surface area contributed by atoms with Crippen LogP contribution in [0, 0.1) is 5.92 Å². The molecular weight excluding hydrogens is 206 g/mol. The predicted molar refractivity (Wildman–Crippen MR) is 62.2 cm³/mol. The fraction of sp³-hybridized carbons (Fsp3) is 0.917. The lowest BCUT2D eigenvalue weighted by molar-refractivity contribution is 0.113. The van der Waals surface area contributed by atoms with Crippen LogP contribution in [0.2, 0.25) is 0 Å². The van der Waals surface area contributed by atoms with Crippen molar-refractivity contribution in [3.8, 4) is 0 Å². The Hall–Kier alpha value is -0.770. The quantitative estimate of drug-likeness (QED) is 0.725. The van der Waals surface area contributed by atoms with Crippen molar-refractivity contribution < 1.29 is 14.6 Å². The van der Waals surface area contributed by atoms with Gasteiger partial charge in [0.15, 0.2) is 0 Å². The third-order valence-electron chi connectivity index (χ3n) is 3.28. The molecule has 0 aromatic carbocycles. The van der Waals surface area contributed by atoms with E-state index in [1.165, 1.54) is 38.5 Å². The monoisotopic (exact) mass is 229 g/mol. The van der Waals surface area contributed by atoms with E-state index in [-0.39, 0.29) is 19.3 Å². The molecule has 0 heterocycles. The summed E-state index contributed by atoms with van der Waals surface area (Å²) in [5.41, 5.74) is 0. The lowest BCUT2D eigenvalue weighted by Gasteiger charge is -2.23. The van der Waals surface area contributed by atoms with Crippen molar-refractivity contribution in [3.63, 3.8) is 0 Å². The molecule has 0 radical (unpaired) electrons. The van der Waals surface area contributed by atoms with Crippen LogP contribution in [0.25, 0.3) is 0 Å². The second kappa shape index (κ2) is 7.49. The van der Waals surface area contributed by atoms with Gasteiger partial charge in [0, 0.05) is 6.04 Å². The van der Waals surface area contributed by atoms with Gasteiger partial charge in [0.2, 0.25) is 0 Å². The molecule has 2 N–H and O–H groups in total. The van der Waals surface area contributed by atoms with Crippen molar-refractivity contribution >= 4 is 6.09 Å². The third-order valence-corrected chi connectivity index (χ3v) is 3.28. The molecule has 1 amide bonds. The van der Waals surface area contributed by atoms with Crippen molar-refractivity contribution in [2.24, 2.45) is 5.92 Å². The average Bonchev–Trinajstić information content (AvgIpc) is 2.54. The molecule has 0 bridgehead atoms. The van der Waals surface area contributed by atoms with Crippen LogP contribution in [-0.4, -0.2) is 30.5 Å². The predicted octanol–water partition coefficient (Wildman–Crippen LogP) is 2.06. The summed E-state index contributed by atoms with van der Waals surface area (Å²) in [6.45, 7) is 1.99. The first-order valence-electron chi connectivity index (χ1n) is 6.28. The van der Waals surface area contributed by atoms with Gasteiger partial charge in [0.1, 0.15) is 6.61 Å². The number of carbonyl (C=O) groups is 1. The summed E-state index contributed by atoms with van der Waals surface area (Å²) >= 11 is 0. The van der Waals surface area contributed by atoms with Crippen molar-refractivity contribution in [1.29, 1.82) is 0 Å². The Balaban J connectivity index is 2.26. The Morgan fingerprint density at radius 1 is 1.38 bits per heavy atom. The standard InChI is InChI=1S/C12H23NO3/c1-10(13-12(15)16-9-8-14)11-6-4-2-3-5-7-11/h10-11,14H,2-9H2,1H3,(H,13,15)/t10-/m1/s1. The van der Waals surface area contributed by atoms with E-state index in [0.29, 0.717) is 5.92 Å². The average molecular weight is 229 g/mol. The molecule has 1 aliphatic rings. The Kier molecular flexibility index (Phi) is 6.23. The second-order valence-corrected chi connectivity index (χ2v) is 4.54. The molecule has 4 heteroatoms. The molecule has 16 heavy (non-hydrogen) atoms. The van der Waals surface area contributed by atoms with Gasteiger partial charge in [0.05, 0.1) is 6.61 Å². The molecule has 0 aliphatic heterocycles. The van der Waals surface area contributed by atoms with Crippen LogP contribution >= 0.6 is 0 Å². The largest absolute Gasteiger partial charge is 0.447 e. The number of hydrogen-bond donors (Lipinski definition) is 2. The van der Waals surface area contributed by atoms with E-state index < -0.39 is 6.09 Å². The Morgan fingerprint density at radius 3 is 2.56 bits per heavy atom. The zero-order valence-corrected chi connectivity index (χ0v) is 10.1. The minimum absolute atomic E-state index is 0.0726. The summed E-state index contributed by atoms with van der Waals surface area (Å²) in [6.07, 6.45) is 7.15. The van der Waals surface area contributed by atoms with Crippen LogP contribution in [0.5, 0.6) is 0 Å². The van der Waals surface area contributed by atoms with Crippen LogP contribution < -0.4 is 5.32 Å². The number of nitrogens with one attached hydrogen (secondary N) is 1. The fourth-order valence-electron chi connectivity index (χ4n) is 2.29. The van der Waals surface area contributed by atoms with E-state index in [2.05, 4.69) is 5.32 Å².